The summed E-state index contributed by atoms with van der Waals surface area (Å²) >= 11 is 0. The standard InChI is InChI=1S/C13H14F3/c14-13(15,16)12-8-6-11(7-9-12)10-4-2-1-3-5-10/h1,6-10H,2-5H2. The molecule has 1 radical (unpaired) electrons. The third-order valence-corrected chi connectivity index (χ3v) is 3.15. The molecule has 0 aromatic heterocycles. The Morgan fingerprint density at radius 2 is 1.50 bits per heavy atom. The Hall–Kier alpha value is -0.990. The van der Waals surface area contributed by atoms with Crippen LogP contribution in [0.3, 0.4) is 0 Å². The van der Waals surface area contributed by atoms with Gasteiger partial charge in [0.1, 0.15) is 0 Å². The highest BCUT2D eigenvalue weighted by molar-refractivity contribution is 5.27. The molecule has 0 nitrogen and oxygen atoms in total. The van der Waals surface area contributed by atoms with E-state index in [9.17, 15) is 13.2 Å². The lowest BCUT2D eigenvalue weighted by atomic mass is 9.84. The van der Waals surface area contributed by atoms with Gasteiger partial charge in [0.2, 0.25) is 0 Å². The first-order valence-electron chi connectivity index (χ1n) is 5.56. The molecule has 0 bridgehead atoms. The van der Waals surface area contributed by atoms with Crippen LogP contribution in [0.1, 0.15) is 42.7 Å². The summed E-state index contributed by atoms with van der Waals surface area (Å²) in [5, 5.41) is 0. The van der Waals surface area contributed by atoms with E-state index in [1.165, 1.54) is 12.1 Å². The van der Waals surface area contributed by atoms with Crippen molar-refractivity contribution in [3.8, 4) is 0 Å². The van der Waals surface area contributed by atoms with Crippen molar-refractivity contribution in [2.24, 2.45) is 0 Å². The van der Waals surface area contributed by atoms with Crippen LogP contribution < -0.4 is 0 Å². The quantitative estimate of drug-likeness (QED) is 0.659. The topological polar surface area (TPSA) is 0 Å². The molecule has 1 fully saturated rings. The van der Waals surface area contributed by atoms with Gasteiger partial charge in [-0.25, -0.2) is 0 Å². The van der Waals surface area contributed by atoms with Crippen LogP contribution in [0, 0.1) is 6.42 Å². The molecule has 1 aliphatic carbocycles. The molecule has 0 unspecified atom stereocenters. The molecule has 0 aliphatic heterocycles. The minimum absolute atomic E-state index is 0.437. The van der Waals surface area contributed by atoms with Crippen molar-refractivity contribution in [3.05, 3.63) is 41.8 Å². The Morgan fingerprint density at radius 1 is 0.938 bits per heavy atom. The molecule has 1 aliphatic rings. The van der Waals surface area contributed by atoms with Gasteiger partial charge in [-0.15, -0.1) is 0 Å². The molecule has 87 valence electrons. The summed E-state index contributed by atoms with van der Waals surface area (Å²) in [6.07, 6.45) is 2.30. The van der Waals surface area contributed by atoms with Gasteiger partial charge in [-0.3, -0.25) is 0 Å². The predicted molar refractivity (Wildman–Crippen MR) is 57.0 cm³/mol. The van der Waals surface area contributed by atoms with E-state index in [0.29, 0.717) is 5.92 Å². The summed E-state index contributed by atoms with van der Waals surface area (Å²) in [5.41, 5.74) is 0.486. The van der Waals surface area contributed by atoms with E-state index < -0.39 is 11.7 Å². The highest BCUT2D eigenvalue weighted by Gasteiger charge is 2.30. The average molecular weight is 227 g/mol. The molecule has 3 heteroatoms. The Bertz CT molecular complexity index is 331. The first-order valence-corrected chi connectivity index (χ1v) is 5.56. The lowest BCUT2D eigenvalue weighted by Gasteiger charge is -2.22. The summed E-state index contributed by atoms with van der Waals surface area (Å²) < 4.78 is 37.1. The van der Waals surface area contributed by atoms with Crippen molar-refractivity contribution in [1.82, 2.24) is 0 Å². The van der Waals surface area contributed by atoms with Crippen molar-refractivity contribution >= 4 is 0 Å². The fourth-order valence-electron chi connectivity index (χ4n) is 2.20. The van der Waals surface area contributed by atoms with Crippen molar-refractivity contribution < 1.29 is 13.2 Å². The van der Waals surface area contributed by atoms with Gasteiger partial charge < -0.3 is 0 Å². The molecule has 1 aromatic carbocycles. The first kappa shape index (κ1) is 11.5. The van der Waals surface area contributed by atoms with Crippen LogP contribution >= 0.6 is 0 Å². The highest BCUT2D eigenvalue weighted by Crippen LogP contribution is 2.34. The lowest BCUT2D eigenvalue weighted by molar-refractivity contribution is -0.137. The number of benzene rings is 1. The van der Waals surface area contributed by atoms with Crippen LogP contribution in [-0.4, -0.2) is 0 Å². The molecule has 0 amide bonds. The third kappa shape index (κ3) is 2.57. The summed E-state index contributed by atoms with van der Waals surface area (Å²) in [6, 6.07) is 5.62. The SMILES string of the molecule is FC(F)(F)c1ccc(C2CC[CH]CC2)cc1. The average Bonchev–Trinajstić information content (AvgIpc) is 2.29. The van der Waals surface area contributed by atoms with Crippen LogP contribution in [0.25, 0.3) is 0 Å². The van der Waals surface area contributed by atoms with E-state index in [-0.39, 0.29) is 0 Å². The van der Waals surface area contributed by atoms with Gasteiger partial charge in [-0.1, -0.05) is 12.1 Å². The van der Waals surface area contributed by atoms with Gasteiger partial charge >= 0.3 is 6.18 Å². The molecule has 16 heavy (non-hydrogen) atoms. The monoisotopic (exact) mass is 227 g/mol. The maximum Gasteiger partial charge on any atom is 0.416 e. The minimum Gasteiger partial charge on any atom is -0.166 e. The van der Waals surface area contributed by atoms with Crippen LogP contribution in [-0.2, 0) is 6.18 Å². The smallest absolute Gasteiger partial charge is 0.166 e. The maximum atomic E-state index is 12.4. The van der Waals surface area contributed by atoms with E-state index in [1.807, 2.05) is 0 Å². The molecular formula is C13H14F3. The molecule has 0 atom stereocenters. The van der Waals surface area contributed by atoms with E-state index in [2.05, 4.69) is 6.42 Å². The van der Waals surface area contributed by atoms with Crippen molar-refractivity contribution in [2.45, 2.75) is 37.8 Å². The van der Waals surface area contributed by atoms with Crippen molar-refractivity contribution in [3.63, 3.8) is 0 Å². The second-order valence-electron chi connectivity index (χ2n) is 4.26. The first-order chi connectivity index (χ1) is 7.57. The normalized spacial score (nSPS) is 18.7. The van der Waals surface area contributed by atoms with E-state index in [4.69, 9.17) is 0 Å². The van der Waals surface area contributed by atoms with E-state index in [1.54, 1.807) is 12.1 Å². The van der Waals surface area contributed by atoms with Gasteiger partial charge in [0.05, 0.1) is 5.56 Å². The van der Waals surface area contributed by atoms with Gasteiger partial charge in [0.15, 0.2) is 0 Å². The largest absolute Gasteiger partial charge is 0.416 e. The van der Waals surface area contributed by atoms with Gasteiger partial charge in [0, 0.05) is 0 Å². The van der Waals surface area contributed by atoms with Gasteiger partial charge in [-0.05, 0) is 55.7 Å². The number of hydrogen-bond donors (Lipinski definition) is 0. The second kappa shape index (κ2) is 4.48. The Labute approximate surface area is 93.5 Å². The van der Waals surface area contributed by atoms with Crippen LogP contribution in [0.5, 0.6) is 0 Å². The minimum atomic E-state index is -4.22. The fourth-order valence-corrected chi connectivity index (χ4v) is 2.20. The number of hydrogen-bond acceptors (Lipinski definition) is 0. The highest BCUT2D eigenvalue weighted by atomic mass is 19.4. The molecule has 0 saturated heterocycles. The molecule has 0 spiro atoms. The van der Waals surface area contributed by atoms with Crippen LogP contribution in [0.4, 0.5) is 13.2 Å². The summed E-state index contributed by atoms with van der Waals surface area (Å²) in [7, 11) is 0. The van der Waals surface area contributed by atoms with Crippen molar-refractivity contribution in [1.29, 1.82) is 0 Å². The molecule has 1 saturated carbocycles. The molecule has 2 rings (SSSR count). The molecular weight excluding hydrogens is 213 g/mol. The number of rotatable bonds is 1. The van der Waals surface area contributed by atoms with Crippen LogP contribution in [0.2, 0.25) is 0 Å². The zero-order valence-electron chi connectivity index (χ0n) is 8.93. The Kier molecular flexibility index (Phi) is 3.22. The number of halogens is 3. The van der Waals surface area contributed by atoms with Crippen LogP contribution in [0.15, 0.2) is 24.3 Å². The second-order valence-corrected chi connectivity index (χ2v) is 4.26. The fraction of sp³-hybridized carbons (Fsp3) is 0.462. The molecule has 1 aromatic rings. The third-order valence-electron chi connectivity index (χ3n) is 3.15. The van der Waals surface area contributed by atoms with Crippen molar-refractivity contribution in [2.75, 3.05) is 0 Å². The molecule has 0 N–H and O–H groups in total. The van der Waals surface area contributed by atoms with E-state index in [0.717, 1.165) is 31.2 Å². The Morgan fingerprint density at radius 3 is 2.00 bits per heavy atom. The molecule has 0 heterocycles. The summed E-state index contributed by atoms with van der Waals surface area (Å²) in [5.74, 6) is 0.437. The lowest BCUT2D eigenvalue weighted by Crippen LogP contribution is -2.07. The predicted octanol–water partition coefficient (Wildman–Crippen LogP) is 4.57. The van der Waals surface area contributed by atoms with Gasteiger partial charge in [0.25, 0.3) is 0 Å². The zero-order chi connectivity index (χ0) is 11.6. The summed E-state index contributed by atoms with van der Waals surface area (Å²) in [4.78, 5) is 0. The number of alkyl halides is 3. The Balaban J connectivity index is 2.12. The summed E-state index contributed by atoms with van der Waals surface area (Å²) in [6.45, 7) is 0. The zero-order valence-corrected chi connectivity index (χ0v) is 8.93. The van der Waals surface area contributed by atoms with E-state index >= 15 is 0 Å². The van der Waals surface area contributed by atoms with Gasteiger partial charge in [-0.2, -0.15) is 13.2 Å². The maximum absolute atomic E-state index is 12.4.